The van der Waals surface area contributed by atoms with Crippen LogP contribution in [-0.2, 0) is 0 Å². The van der Waals surface area contributed by atoms with Crippen LogP contribution in [0.5, 0.6) is 0 Å². The van der Waals surface area contributed by atoms with Crippen LogP contribution in [0.15, 0.2) is 0 Å². The van der Waals surface area contributed by atoms with Crippen molar-refractivity contribution in [3.63, 3.8) is 0 Å². The summed E-state index contributed by atoms with van der Waals surface area (Å²) in [5.41, 5.74) is 0. The second-order valence-corrected chi connectivity index (χ2v) is 2.89. The Morgan fingerprint density at radius 1 is 0.545 bits per heavy atom. The smallest absolute Gasteiger partial charge is 0.205 e. The summed E-state index contributed by atoms with van der Waals surface area (Å²) >= 11 is 0. The van der Waals surface area contributed by atoms with Crippen LogP contribution in [0, 0.1) is 11.8 Å². The molecule has 11 heavy (non-hydrogen) atoms. The van der Waals surface area contributed by atoms with Crippen LogP contribution in [-0.4, -0.2) is 17.8 Å². The van der Waals surface area contributed by atoms with Crippen molar-refractivity contribution in [1.29, 1.82) is 0 Å². The van der Waals surface area contributed by atoms with Crippen LogP contribution in [0.25, 0.3) is 0 Å². The molecule has 0 atom stereocenters. The highest BCUT2D eigenvalue weighted by Crippen LogP contribution is 2.80. The number of halogens is 6. The zero-order valence-electron chi connectivity index (χ0n) is 4.92. The van der Waals surface area contributed by atoms with Gasteiger partial charge in [-0.15, -0.1) is 0 Å². The highest BCUT2D eigenvalue weighted by molar-refractivity contribution is 5.30. The first-order chi connectivity index (χ1) is 4.73. The largest absolute Gasteiger partial charge is 0.276 e. The minimum Gasteiger partial charge on any atom is -0.205 e. The molecule has 6 heteroatoms. The minimum atomic E-state index is -3.85. The van der Waals surface area contributed by atoms with Crippen LogP contribution in [0.2, 0.25) is 0 Å². The summed E-state index contributed by atoms with van der Waals surface area (Å²) in [5, 5.41) is 0. The molecule has 0 radical (unpaired) electrons. The third-order valence-electron chi connectivity index (χ3n) is 2.31. The molecule has 0 amide bonds. The third-order valence-corrected chi connectivity index (χ3v) is 2.31. The topological polar surface area (TPSA) is 0 Å². The average Bonchev–Trinajstić information content (AvgIpc) is 1.54. The van der Waals surface area contributed by atoms with Gasteiger partial charge in [-0.2, -0.15) is 0 Å². The van der Waals surface area contributed by atoms with Crippen molar-refractivity contribution in [1.82, 2.24) is 0 Å². The molecule has 0 unspecified atom stereocenters. The fraction of sp³-hybridized carbons (Fsp3) is 1.00. The second-order valence-electron chi connectivity index (χ2n) is 2.89. The van der Waals surface area contributed by atoms with E-state index in [2.05, 4.69) is 0 Å². The Kier molecular flexibility index (Phi) is 0.835. The first-order valence-corrected chi connectivity index (χ1v) is 2.87. The molecule has 0 heterocycles. The summed E-state index contributed by atoms with van der Waals surface area (Å²) < 4.78 is 72.1. The Hall–Kier alpha value is -0.420. The molecule has 0 spiro atoms. The molecule has 0 N–H and O–H groups in total. The molecule has 0 saturated heterocycles. The van der Waals surface area contributed by atoms with Crippen LogP contribution in [0.4, 0.5) is 26.3 Å². The van der Waals surface area contributed by atoms with E-state index < -0.39 is 29.6 Å². The molecule has 0 aromatic heterocycles. The Labute approximate surface area is 57.2 Å². The van der Waals surface area contributed by atoms with E-state index in [-0.39, 0.29) is 0 Å². The molecule has 64 valence electrons. The Morgan fingerprint density at radius 2 is 0.727 bits per heavy atom. The third kappa shape index (κ3) is 0.435. The molecule has 0 aliphatic heterocycles. The summed E-state index contributed by atoms with van der Waals surface area (Å²) in [5.74, 6) is -17.7. The molecule has 3 fully saturated rings. The number of hydrogen-bond acceptors (Lipinski definition) is 0. The summed E-state index contributed by atoms with van der Waals surface area (Å²) in [6.45, 7) is 0. The van der Waals surface area contributed by atoms with E-state index in [4.69, 9.17) is 0 Å². The van der Waals surface area contributed by atoms with E-state index in [0.717, 1.165) is 0 Å². The fourth-order valence-electron chi connectivity index (χ4n) is 1.75. The van der Waals surface area contributed by atoms with Crippen LogP contribution < -0.4 is 0 Å². The molecule has 3 aliphatic carbocycles. The summed E-state index contributed by atoms with van der Waals surface area (Å²) in [6.07, 6.45) is 0. The van der Waals surface area contributed by atoms with Gasteiger partial charge in [0.15, 0.2) is 11.8 Å². The van der Waals surface area contributed by atoms with E-state index in [1.807, 2.05) is 0 Å². The van der Waals surface area contributed by atoms with Gasteiger partial charge in [-0.3, -0.25) is 0 Å². The minimum absolute atomic E-state index is 3.05. The summed E-state index contributed by atoms with van der Waals surface area (Å²) in [6, 6.07) is 0. The Morgan fingerprint density at radius 3 is 0.727 bits per heavy atom. The first kappa shape index (κ1) is 7.24. The predicted octanol–water partition coefficient (Wildman–Crippen LogP) is 2.15. The quantitative estimate of drug-likeness (QED) is 0.496. The van der Waals surface area contributed by atoms with Gasteiger partial charge >= 0.3 is 0 Å². The number of rotatable bonds is 0. The van der Waals surface area contributed by atoms with Crippen molar-refractivity contribution >= 4 is 0 Å². The van der Waals surface area contributed by atoms with Crippen molar-refractivity contribution in [2.24, 2.45) is 11.8 Å². The van der Waals surface area contributed by atoms with E-state index in [9.17, 15) is 26.3 Å². The lowest BCUT2D eigenvalue weighted by atomic mass is 9.46. The molecular formula is C5H2F6. The van der Waals surface area contributed by atoms with Gasteiger partial charge < -0.3 is 0 Å². The zero-order chi connectivity index (χ0) is 8.65. The van der Waals surface area contributed by atoms with Gasteiger partial charge in [0.1, 0.15) is 0 Å². The van der Waals surface area contributed by atoms with Gasteiger partial charge in [0.05, 0.1) is 0 Å². The van der Waals surface area contributed by atoms with Crippen LogP contribution in [0.1, 0.15) is 0 Å². The Bertz CT molecular complexity index is 163. The SMILES string of the molecule is FC1(F)C2C(F)(F)C1C2(F)F. The van der Waals surface area contributed by atoms with Crippen molar-refractivity contribution < 1.29 is 26.3 Å². The highest BCUT2D eigenvalue weighted by atomic mass is 19.3. The first-order valence-electron chi connectivity index (χ1n) is 2.87. The van der Waals surface area contributed by atoms with E-state index in [0.29, 0.717) is 0 Å². The van der Waals surface area contributed by atoms with Gasteiger partial charge in [-0.05, 0) is 0 Å². The molecular weight excluding hydrogens is 174 g/mol. The van der Waals surface area contributed by atoms with Crippen molar-refractivity contribution in [3.05, 3.63) is 0 Å². The molecule has 0 aromatic carbocycles. The second kappa shape index (κ2) is 1.27. The van der Waals surface area contributed by atoms with Gasteiger partial charge in [0.25, 0.3) is 17.8 Å². The fourth-order valence-corrected chi connectivity index (χ4v) is 1.75. The molecule has 2 bridgehead atoms. The highest BCUT2D eigenvalue weighted by Gasteiger charge is 3.01. The van der Waals surface area contributed by atoms with Crippen LogP contribution in [0.3, 0.4) is 0 Å². The normalized spacial score (nSPS) is 47.5. The summed E-state index contributed by atoms with van der Waals surface area (Å²) in [7, 11) is 0. The Balaban J connectivity index is 2.30. The van der Waals surface area contributed by atoms with Crippen LogP contribution >= 0.6 is 0 Å². The molecule has 3 saturated carbocycles. The molecule has 0 nitrogen and oxygen atoms in total. The average molecular weight is 176 g/mol. The summed E-state index contributed by atoms with van der Waals surface area (Å²) in [4.78, 5) is 0. The lowest BCUT2D eigenvalue weighted by Gasteiger charge is -2.66. The maximum absolute atomic E-state index is 12.0. The van der Waals surface area contributed by atoms with Gasteiger partial charge in [-0.25, -0.2) is 26.3 Å². The van der Waals surface area contributed by atoms with Gasteiger partial charge in [0.2, 0.25) is 0 Å². The maximum Gasteiger partial charge on any atom is 0.276 e. The molecule has 3 rings (SSSR count). The van der Waals surface area contributed by atoms with Crippen molar-refractivity contribution in [2.45, 2.75) is 17.8 Å². The zero-order valence-corrected chi connectivity index (χ0v) is 4.92. The number of alkyl halides is 6. The van der Waals surface area contributed by atoms with E-state index >= 15 is 0 Å². The standard InChI is InChI=1S/C5H2F6/c6-3(7)1-4(8,9)2(3)5(1,10)11/h1-2H. The van der Waals surface area contributed by atoms with E-state index in [1.165, 1.54) is 0 Å². The maximum atomic E-state index is 12.0. The van der Waals surface area contributed by atoms with E-state index in [1.54, 1.807) is 0 Å². The number of hydrogen-bond donors (Lipinski definition) is 0. The lowest BCUT2D eigenvalue weighted by molar-refractivity contribution is -0.521. The predicted molar refractivity (Wildman–Crippen MR) is 21.8 cm³/mol. The van der Waals surface area contributed by atoms with Gasteiger partial charge in [0, 0.05) is 0 Å². The molecule has 0 aromatic rings. The van der Waals surface area contributed by atoms with Crippen molar-refractivity contribution in [3.8, 4) is 0 Å². The molecule has 3 aliphatic rings. The van der Waals surface area contributed by atoms with Crippen molar-refractivity contribution in [2.75, 3.05) is 0 Å². The van der Waals surface area contributed by atoms with Gasteiger partial charge in [-0.1, -0.05) is 0 Å². The monoisotopic (exact) mass is 176 g/mol. The lowest BCUT2D eigenvalue weighted by Crippen LogP contribution is -2.89.